The molecule has 2 rings (SSSR count). The van der Waals surface area contributed by atoms with Crippen molar-refractivity contribution in [2.45, 2.75) is 6.42 Å². The Labute approximate surface area is 123 Å². The van der Waals surface area contributed by atoms with Gasteiger partial charge in [-0.2, -0.15) is 5.26 Å². The zero-order chi connectivity index (χ0) is 15.1. The topological polar surface area (TPSA) is 88.1 Å². The SMILES string of the molecule is N#Cc1ccccc1NC(=O)CCOc1ccccc1N. The van der Waals surface area contributed by atoms with Gasteiger partial charge in [-0.05, 0) is 24.3 Å². The summed E-state index contributed by atoms with van der Waals surface area (Å²) in [4.78, 5) is 11.8. The third kappa shape index (κ3) is 3.98. The van der Waals surface area contributed by atoms with Gasteiger partial charge in [-0.25, -0.2) is 0 Å². The average molecular weight is 281 g/mol. The molecule has 0 bridgehead atoms. The van der Waals surface area contributed by atoms with Crippen molar-refractivity contribution in [1.82, 2.24) is 0 Å². The van der Waals surface area contributed by atoms with Crippen molar-refractivity contribution in [2.75, 3.05) is 17.7 Å². The Bertz CT molecular complexity index is 677. The van der Waals surface area contributed by atoms with E-state index < -0.39 is 0 Å². The van der Waals surface area contributed by atoms with Crippen LogP contribution < -0.4 is 15.8 Å². The molecule has 5 heteroatoms. The van der Waals surface area contributed by atoms with Crippen LogP contribution in [0.3, 0.4) is 0 Å². The second-order valence-corrected chi connectivity index (χ2v) is 4.34. The first-order chi connectivity index (χ1) is 10.2. The van der Waals surface area contributed by atoms with Crippen LogP contribution in [0.15, 0.2) is 48.5 Å². The van der Waals surface area contributed by atoms with Crippen molar-refractivity contribution in [2.24, 2.45) is 0 Å². The first-order valence-corrected chi connectivity index (χ1v) is 6.47. The maximum atomic E-state index is 11.8. The first kappa shape index (κ1) is 14.4. The standard InChI is InChI=1S/C16H15N3O2/c17-11-12-5-1-3-7-14(12)19-16(20)9-10-21-15-8-4-2-6-13(15)18/h1-8H,9-10,18H2,(H,19,20). The maximum absolute atomic E-state index is 11.8. The highest BCUT2D eigenvalue weighted by Gasteiger charge is 2.07. The lowest BCUT2D eigenvalue weighted by Crippen LogP contribution is -2.16. The molecule has 0 aliphatic carbocycles. The molecule has 0 saturated carbocycles. The van der Waals surface area contributed by atoms with Crippen LogP contribution in [-0.4, -0.2) is 12.5 Å². The Morgan fingerprint density at radius 2 is 1.90 bits per heavy atom. The minimum atomic E-state index is -0.216. The third-order valence-electron chi connectivity index (χ3n) is 2.83. The summed E-state index contributed by atoms with van der Waals surface area (Å²) in [7, 11) is 0. The normalized spacial score (nSPS) is 9.67. The van der Waals surface area contributed by atoms with Crippen molar-refractivity contribution in [1.29, 1.82) is 5.26 Å². The van der Waals surface area contributed by atoms with Crippen molar-refractivity contribution >= 4 is 17.3 Å². The predicted octanol–water partition coefficient (Wildman–Crippen LogP) is 2.55. The molecule has 0 aliphatic rings. The van der Waals surface area contributed by atoms with Crippen LogP contribution in [0, 0.1) is 11.3 Å². The van der Waals surface area contributed by atoms with Crippen molar-refractivity contribution in [3.05, 3.63) is 54.1 Å². The lowest BCUT2D eigenvalue weighted by Gasteiger charge is -2.09. The number of para-hydroxylation sites is 3. The summed E-state index contributed by atoms with van der Waals surface area (Å²) in [6.45, 7) is 0.217. The van der Waals surface area contributed by atoms with E-state index in [1.807, 2.05) is 18.2 Å². The van der Waals surface area contributed by atoms with Gasteiger partial charge in [0.15, 0.2) is 0 Å². The van der Waals surface area contributed by atoms with E-state index in [0.717, 1.165) is 0 Å². The van der Waals surface area contributed by atoms with E-state index in [2.05, 4.69) is 5.32 Å². The summed E-state index contributed by atoms with van der Waals surface area (Å²) < 4.78 is 5.45. The van der Waals surface area contributed by atoms with Crippen molar-refractivity contribution < 1.29 is 9.53 Å². The van der Waals surface area contributed by atoms with Gasteiger partial charge in [0.1, 0.15) is 11.8 Å². The highest BCUT2D eigenvalue weighted by atomic mass is 16.5. The number of hydrogen-bond donors (Lipinski definition) is 2. The number of nitriles is 1. The van der Waals surface area contributed by atoms with Crippen LogP contribution in [0.5, 0.6) is 5.75 Å². The van der Waals surface area contributed by atoms with E-state index in [4.69, 9.17) is 15.7 Å². The monoisotopic (exact) mass is 281 g/mol. The summed E-state index contributed by atoms with van der Waals surface area (Å²) in [5, 5.41) is 11.6. The fraction of sp³-hybridized carbons (Fsp3) is 0.125. The van der Waals surface area contributed by atoms with Gasteiger partial charge in [-0.1, -0.05) is 24.3 Å². The zero-order valence-corrected chi connectivity index (χ0v) is 11.4. The summed E-state index contributed by atoms with van der Waals surface area (Å²) in [6.07, 6.45) is 0.175. The quantitative estimate of drug-likeness (QED) is 0.824. The maximum Gasteiger partial charge on any atom is 0.227 e. The highest BCUT2D eigenvalue weighted by molar-refractivity contribution is 5.92. The summed E-state index contributed by atoms with van der Waals surface area (Å²) >= 11 is 0. The van der Waals surface area contributed by atoms with Gasteiger partial charge >= 0.3 is 0 Å². The molecule has 0 spiro atoms. The van der Waals surface area contributed by atoms with E-state index in [9.17, 15) is 4.79 Å². The van der Waals surface area contributed by atoms with Gasteiger partial charge in [-0.15, -0.1) is 0 Å². The molecule has 21 heavy (non-hydrogen) atoms. The Balaban J connectivity index is 1.86. The molecule has 3 N–H and O–H groups in total. The van der Waals surface area contributed by atoms with Gasteiger partial charge in [0, 0.05) is 0 Å². The third-order valence-corrected chi connectivity index (χ3v) is 2.83. The summed E-state index contributed by atoms with van der Waals surface area (Å²) in [5.74, 6) is 0.343. The second-order valence-electron chi connectivity index (χ2n) is 4.34. The number of ether oxygens (including phenoxy) is 1. The molecular formula is C16H15N3O2. The number of rotatable bonds is 5. The molecule has 0 aliphatic heterocycles. The van der Waals surface area contributed by atoms with Crippen molar-refractivity contribution in [3.63, 3.8) is 0 Å². The second kappa shape index (κ2) is 6.96. The van der Waals surface area contributed by atoms with Gasteiger partial charge in [0.2, 0.25) is 5.91 Å². The molecule has 0 aromatic heterocycles. The molecule has 106 valence electrons. The molecule has 0 radical (unpaired) electrons. The summed E-state index contributed by atoms with van der Waals surface area (Å²) in [5.41, 5.74) is 7.21. The predicted molar refractivity (Wildman–Crippen MR) is 80.8 cm³/mol. The van der Waals surface area contributed by atoms with Crippen LogP contribution in [0.1, 0.15) is 12.0 Å². The molecule has 2 aromatic rings. The molecule has 1 amide bonds. The smallest absolute Gasteiger partial charge is 0.227 e. The molecule has 0 saturated heterocycles. The lowest BCUT2D eigenvalue weighted by molar-refractivity contribution is -0.116. The van der Waals surface area contributed by atoms with Crippen LogP contribution >= 0.6 is 0 Å². The largest absolute Gasteiger partial charge is 0.491 e. The van der Waals surface area contributed by atoms with E-state index in [1.54, 1.807) is 36.4 Å². The van der Waals surface area contributed by atoms with Gasteiger partial charge < -0.3 is 15.8 Å². The van der Waals surface area contributed by atoms with Crippen LogP contribution in [0.4, 0.5) is 11.4 Å². The van der Waals surface area contributed by atoms with Gasteiger partial charge in [0.25, 0.3) is 0 Å². The number of hydrogen-bond acceptors (Lipinski definition) is 4. The number of benzene rings is 2. The molecule has 0 atom stereocenters. The molecule has 5 nitrogen and oxygen atoms in total. The Morgan fingerprint density at radius 3 is 2.67 bits per heavy atom. The molecule has 0 unspecified atom stereocenters. The van der Waals surface area contributed by atoms with Gasteiger partial charge in [-0.3, -0.25) is 4.79 Å². The van der Waals surface area contributed by atoms with E-state index in [1.165, 1.54) is 0 Å². The minimum Gasteiger partial charge on any atom is -0.491 e. The molecule has 0 fully saturated rings. The van der Waals surface area contributed by atoms with E-state index >= 15 is 0 Å². The number of nitrogen functional groups attached to an aromatic ring is 1. The minimum absolute atomic E-state index is 0.175. The first-order valence-electron chi connectivity index (χ1n) is 6.47. The summed E-state index contributed by atoms with van der Waals surface area (Å²) in [6, 6.07) is 16.0. The van der Waals surface area contributed by atoms with Crippen LogP contribution in [0.25, 0.3) is 0 Å². The molecule has 2 aromatic carbocycles. The fourth-order valence-electron chi connectivity index (χ4n) is 1.77. The van der Waals surface area contributed by atoms with Crippen LogP contribution in [-0.2, 0) is 4.79 Å². The fourth-order valence-corrected chi connectivity index (χ4v) is 1.77. The van der Waals surface area contributed by atoms with Crippen molar-refractivity contribution in [3.8, 4) is 11.8 Å². The number of nitrogens with zero attached hydrogens (tertiary/aromatic N) is 1. The number of amides is 1. The number of carbonyl (C=O) groups is 1. The number of anilines is 2. The highest BCUT2D eigenvalue weighted by Crippen LogP contribution is 2.20. The number of nitrogens with two attached hydrogens (primary N) is 1. The van der Waals surface area contributed by atoms with Gasteiger partial charge in [0.05, 0.1) is 30.0 Å². The van der Waals surface area contributed by atoms with Crippen LogP contribution in [0.2, 0.25) is 0 Å². The Morgan fingerprint density at radius 1 is 1.19 bits per heavy atom. The van der Waals surface area contributed by atoms with E-state index in [-0.39, 0.29) is 18.9 Å². The zero-order valence-electron chi connectivity index (χ0n) is 11.4. The number of nitrogens with one attached hydrogen (secondary N) is 1. The Hall–Kier alpha value is -3.00. The molecule has 0 heterocycles. The Kier molecular flexibility index (Phi) is 4.78. The van der Waals surface area contributed by atoms with E-state index in [0.29, 0.717) is 22.7 Å². The average Bonchev–Trinajstić information content (AvgIpc) is 2.50. The number of carbonyl (C=O) groups excluding carboxylic acids is 1. The molecular weight excluding hydrogens is 266 g/mol. The lowest BCUT2D eigenvalue weighted by atomic mass is 10.2.